The number of H-pyrrole nitrogens is 1. The van der Waals surface area contributed by atoms with Crippen molar-refractivity contribution in [3.05, 3.63) is 24.5 Å². The summed E-state index contributed by atoms with van der Waals surface area (Å²) < 4.78 is 32.7. The Balaban J connectivity index is 1.34. The summed E-state index contributed by atoms with van der Waals surface area (Å²) in [5, 5.41) is 0.481. The van der Waals surface area contributed by atoms with E-state index in [0.717, 1.165) is 16.7 Å². The zero-order chi connectivity index (χ0) is 20.8. The number of aromatic nitrogens is 2. The predicted molar refractivity (Wildman–Crippen MR) is 110 cm³/mol. The van der Waals surface area contributed by atoms with Crippen molar-refractivity contribution in [1.82, 2.24) is 19.2 Å². The number of carbonyl (C=O) groups is 1. The molecule has 0 aliphatic carbocycles. The number of aromatic amines is 1. The molecule has 2 fully saturated rings. The van der Waals surface area contributed by atoms with E-state index >= 15 is 0 Å². The van der Waals surface area contributed by atoms with Crippen LogP contribution in [0.25, 0.3) is 11.0 Å². The number of fused-ring (bicyclic) bond motifs is 1. The summed E-state index contributed by atoms with van der Waals surface area (Å²) in [5.74, 6) is 0. The number of likely N-dealkylation sites (tertiary alicyclic amines) is 1. The average Bonchev–Trinajstić information content (AvgIpc) is 3.03. The van der Waals surface area contributed by atoms with Crippen LogP contribution in [-0.2, 0) is 14.8 Å². The first-order chi connectivity index (χ1) is 13.6. The van der Waals surface area contributed by atoms with Gasteiger partial charge >= 0.3 is 6.09 Å². The number of nitrogens with one attached hydrogen (secondary N) is 1. The van der Waals surface area contributed by atoms with Crippen molar-refractivity contribution in [3.63, 3.8) is 0 Å². The Bertz CT molecular complexity index is 999. The molecule has 158 valence electrons. The number of piperazine rings is 1. The number of rotatable bonds is 3. The Hall–Kier alpha value is -2.33. The zero-order valence-corrected chi connectivity index (χ0v) is 17.8. The van der Waals surface area contributed by atoms with Gasteiger partial charge in [0.05, 0.1) is 5.69 Å². The highest BCUT2D eigenvalue weighted by Crippen LogP contribution is 2.28. The molecule has 9 nitrogen and oxygen atoms in total. The van der Waals surface area contributed by atoms with Crippen LogP contribution in [0.1, 0.15) is 20.8 Å². The first-order valence-corrected chi connectivity index (χ1v) is 11.3. The maximum Gasteiger partial charge on any atom is 0.410 e. The van der Waals surface area contributed by atoms with Crippen molar-refractivity contribution in [2.45, 2.75) is 31.6 Å². The second kappa shape index (κ2) is 7.17. The van der Waals surface area contributed by atoms with Crippen LogP contribution in [0.15, 0.2) is 24.5 Å². The number of hydrogen-bond donors (Lipinski definition) is 1. The van der Waals surface area contributed by atoms with E-state index in [1.807, 2.05) is 18.3 Å². The molecular formula is C19H27N5O4S. The van der Waals surface area contributed by atoms with Gasteiger partial charge in [0.1, 0.15) is 16.5 Å². The number of hydrogen-bond acceptors (Lipinski definition) is 6. The molecule has 4 rings (SSSR count). The van der Waals surface area contributed by atoms with E-state index in [9.17, 15) is 13.2 Å². The second-order valence-corrected chi connectivity index (χ2v) is 10.7. The van der Waals surface area contributed by atoms with Gasteiger partial charge in [-0.1, -0.05) is 0 Å². The molecule has 2 aromatic rings. The molecule has 0 radical (unpaired) electrons. The van der Waals surface area contributed by atoms with Gasteiger partial charge in [-0.2, -0.15) is 4.31 Å². The molecule has 29 heavy (non-hydrogen) atoms. The van der Waals surface area contributed by atoms with Crippen molar-refractivity contribution < 1.29 is 17.9 Å². The molecule has 2 saturated heterocycles. The Labute approximate surface area is 170 Å². The van der Waals surface area contributed by atoms with E-state index in [1.54, 1.807) is 31.3 Å². The molecule has 0 atom stereocenters. The smallest absolute Gasteiger partial charge is 0.410 e. The van der Waals surface area contributed by atoms with Gasteiger partial charge in [0.25, 0.3) is 0 Å². The lowest BCUT2D eigenvalue weighted by Crippen LogP contribution is -2.62. The molecule has 2 aliphatic rings. The molecule has 0 unspecified atom stereocenters. The largest absolute Gasteiger partial charge is 0.444 e. The molecule has 4 heterocycles. The van der Waals surface area contributed by atoms with E-state index < -0.39 is 27.0 Å². The van der Waals surface area contributed by atoms with Gasteiger partial charge in [-0.3, -0.25) is 0 Å². The second-order valence-electron chi connectivity index (χ2n) is 8.51. The fourth-order valence-corrected chi connectivity index (χ4v) is 5.53. The molecule has 2 aliphatic heterocycles. The molecule has 0 aromatic carbocycles. The Morgan fingerprint density at radius 3 is 2.55 bits per heavy atom. The van der Waals surface area contributed by atoms with E-state index in [2.05, 4.69) is 14.9 Å². The third-order valence-corrected chi connectivity index (χ3v) is 7.52. The molecule has 1 amide bonds. The Kier molecular flexibility index (Phi) is 4.94. The third-order valence-electron chi connectivity index (χ3n) is 5.29. The minimum atomic E-state index is -3.43. The summed E-state index contributed by atoms with van der Waals surface area (Å²) in [5.41, 5.74) is 1.29. The van der Waals surface area contributed by atoms with Gasteiger partial charge in [0.2, 0.25) is 10.0 Å². The van der Waals surface area contributed by atoms with Crippen LogP contribution in [0.2, 0.25) is 0 Å². The maximum absolute atomic E-state index is 12.9. The summed E-state index contributed by atoms with van der Waals surface area (Å²) in [7, 11) is -3.43. The number of nitrogens with zero attached hydrogens (tertiary/aromatic N) is 4. The molecule has 2 aromatic heterocycles. The van der Waals surface area contributed by atoms with Gasteiger partial charge in [0.15, 0.2) is 0 Å². The number of amides is 1. The monoisotopic (exact) mass is 421 g/mol. The van der Waals surface area contributed by atoms with Gasteiger partial charge in [-0.05, 0) is 32.9 Å². The molecule has 0 spiro atoms. The number of carbonyl (C=O) groups excluding carboxylic acids is 1. The quantitative estimate of drug-likeness (QED) is 0.809. The van der Waals surface area contributed by atoms with Crippen molar-refractivity contribution >= 4 is 32.8 Å². The zero-order valence-electron chi connectivity index (χ0n) is 17.0. The number of sulfonamides is 1. The van der Waals surface area contributed by atoms with Crippen LogP contribution in [0.4, 0.5) is 10.5 Å². The Morgan fingerprint density at radius 1 is 1.21 bits per heavy atom. The number of anilines is 1. The highest BCUT2D eigenvalue weighted by molar-refractivity contribution is 7.89. The summed E-state index contributed by atoms with van der Waals surface area (Å²) in [6, 6.07) is 3.91. The lowest BCUT2D eigenvalue weighted by Gasteiger charge is -2.43. The minimum absolute atomic E-state index is 0.186. The van der Waals surface area contributed by atoms with E-state index in [0.29, 0.717) is 26.2 Å². The van der Waals surface area contributed by atoms with E-state index in [1.165, 1.54) is 4.90 Å². The standard InChI is InChI=1S/C19H27N5O4S/c1-19(2,3)28-18(25)23-12-14(13-23)29(26,27)24-9-7-22(8-10-24)16-11-21-17-15(16)5-4-6-20-17/h4-6,11,14H,7-10,12-13H2,1-3H3,(H,20,21). The highest BCUT2D eigenvalue weighted by Gasteiger charge is 2.44. The number of ether oxygens (including phenoxy) is 1. The van der Waals surface area contributed by atoms with Gasteiger partial charge in [0, 0.05) is 57.0 Å². The van der Waals surface area contributed by atoms with Crippen molar-refractivity contribution in [2.75, 3.05) is 44.2 Å². The first-order valence-electron chi connectivity index (χ1n) is 9.79. The van der Waals surface area contributed by atoms with E-state index in [-0.39, 0.29) is 13.1 Å². The van der Waals surface area contributed by atoms with Crippen LogP contribution >= 0.6 is 0 Å². The third kappa shape index (κ3) is 3.91. The van der Waals surface area contributed by atoms with Crippen molar-refractivity contribution in [3.8, 4) is 0 Å². The summed E-state index contributed by atoms with van der Waals surface area (Å²) in [4.78, 5) is 23.1. The highest BCUT2D eigenvalue weighted by atomic mass is 32.2. The molecule has 1 N–H and O–H groups in total. The first kappa shape index (κ1) is 20.0. The predicted octanol–water partition coefficient (Wildman–Crippen LogP) is 1.63. The SMILES string of the molecule is CC(C)(C)OC(=O)N1CC(S(=O)(=O)N2CCN(c3c[nH]c4ncccc34)CC2)C1. The lowest BCUT2D eigenvalue weighted by atomic mass is 10.2. The lowest BCUT2D eigenvalue weighted by molar-refractivity contribution is 0.0136. The summed E-state index contributed by atoms with van der Waals surface area (Å²) in [6.07, 6.45) is 3.21. The fourth-order valence-electron chi connectivity index (χ4n) is 3.70. The van der Waals surface area contributed by atoms with Crippen molar-refractivity contribution in [1.29, 1.82) is 0 Å². The minimum Gasteiger partial charge on any atom is -0.444 e. The molecular weight excluding hydrogens is 394 g/mol. The van der Waals surface area contributed by atoms with Crippen LogP contribution in [-0.4, -0.2) is 83.8 Å². The van der Waals surface area contributed by atoms with Gasteiger partial charge in [-0.25, -0.2) is 18.2 Å². The molecule has 0 saturated carbocycles. The van der Waals surface area contributed by atoms with Gasteiger partial charge < -0.3 is 19.5 Å². The molecule has 0 bridgehead atoms. The fraction of sp³-hybridized carbons (Fsp3) is 0.579. The topological polar surface area (TPSA) is 98.8 Å². The van der Waals surface area contributed by atoms with Crippen molar-refractivity contribution in [2.24, 2.45) is 0 Å². The Morgan fingerprint density at radius 2 is 1.90 bits per heavy atom. The van der Waals surface area contributed by atoms with Crippen LogP contribution in [0.5, 0.6) is 0 Å². The van der Waals surface area contributed by atoms with Crippen LogP contribution < -0.4 is 4.90 Å². The van der Waals surface area contributed by atoms with Crippen LogP contribution in [0, 0.1) is 0 Å². The summed E-state index contributed by atoms with van der Waals surface area (Å²) in [6.45, 7) is 7.84. The number of pyridine rings is 1. The van der Waals surface area contributed by atoms with Gasteiger partial charge in [-0.15, -0.1) is 0 Å². The normalized spacial score (nSPS) is 19.4. The summed E-state index contributed by atoms with van der Waals surface area (Å²) >= 11 is 0. The van der Waals surface area contributed by atoms with Crippen LogP contribution in [0.3, 0.4) is 0 Å². The molecule has 10 heteroatoms. The average molecular weight is 422 g/mol. The maximum atomic E-state index is 12.9. The van der Waals surface area contributed by atoms with E-state index in [4.69, 9.17) is 4.74 Å².